The number of rotatable bonds is 3. The number of carbonyl (C=O) groups excluding carboxylic acids is 1. The summed E-state index contributed by atoms with van der Waals surface area (Å²) < 4.78 is 40.4. The van der Waals surface area contributed by atoms with Crippen molar-refractivity contribution in [3.63, 3.8) is 0 Å². The number of nitrogens with one attached hydrogen (secondary N) is 2. The van der Waals surface area contributed by atoms with Crippen molar-refractivity contribution in [3.8, 4) is 0 Å². The van der Waals surface area contributed by atoms with Crippen LogP contribution >= 0.6 is 0 Å². The highest BCUT2D eigenvalue weighted by Gasteiger charge is 2.21. The van der Waals surface area contributed by atoms with Gasteiger partial charge in [0.25, 0.3) is 5.56 Å². The van der Waals surface area contributed by atoms with E-state index in [-0.39, 0.29) is 16.5 Å². The Bertz CT molecular complexity index is 1080. The summed E-state index contributed by atoms with van der Waals surface area (Å²) in [6.45, 7) is 1.67. The SMILES string of the molecule is CC(c1c[nH]c(=O)c2cc(F)c(F)cc12)N(C)C(=O)Nc1cccc(F)c1. The molecule has 0 saturated heterocycles. The summed E-state index contributed by atoms with van der Waals surface area (Å²) in [6, 6.07) is 6.05. The van der Waals surface area contributed by atoms with Gasteiger partial charge in [0.05, 0.1) is 11.4 Å². The molecule has 0 aliphatic carbocycles. The van der Waals surface area contributed by atoms with Crippen LogP contribution in [0.1, 0.15) is 18.5 Å². The Kier molecular flexibility index (Phi) is 4.89. The van der Waals surface area contributed by atoms with E-state index in [1.54, 1.807) is 6.92 Å². The van der Waals surface area contributed by atoms with Crippen LogP contribution in [0.3, 0.4) is 0 Å². The second kappa shape index (κ2) is 7.14. The monoisotopic (exact) mass is 375 g/mol. The predicted octanol–water partition coefficient (Wildman–Crippen LogP) is 4.17. The molecule has 1 atom stereocenters. The van der Waals surface area contributed by atoms with E-state index in [0.29, 0.717) is 5.56 Å². The van der Waals surface area contributed by atoms with Gasteiger partial charge in [0.15, 0.2) is 11.6 Å². The Morgan fingerprint density at radius 2 is 1.78 bits per heavy atom. The Morgan fingerprint density at radius 1 is 1.11 bits per heavy atom. The Labute approximate surface area is 152 Å². The van der Waals surface area contributed by atoms with Gasteiger partial charge in [-0.3, -0.25) is 4.79 Å². The quantitative estimate of drug-likeness (QED) is 0.722. The topological polar surface area (TPSA) is 65.2 Å². The van der Waals surface area contributed by atoms with Crippen molar-refractivity contribution in [2.45, 2.75) is 13.0 Å². The molecule has 2 N–H and O–H groups in total. The molecule has 0 saturated carbocycles. The summed E-state index contributed by atoms with van der Waals surface area (Å²) in [4.78, 5) is 28.1. The van der Waals surface area contributed by atoms with Gasteiger partial charge in [0, 0.05) is 18.9 Å². The fourth-order valence-electron chi connectivity index (χ4n) is 2.78. The molecule has 3 aromatic rings. The molecule has 140 valence electrons. The summed E-state index contributed by atoms with van der Waals surface area (Å²) in [7, 11) is 1.50. The lowest BCUT2D eigenvalue weighted by atomic mass is 10.0. The minimum absolute atomic E-state index is 0.0165. The summed E-state index contributed by atoms with van der Waals surface area (Å²) in [5.74, 6) is -2.71. The molecule has 8 heteroatoms. The molecule has 0 aliphatic rings. The highest BCUT2D eigenvalue weighted by molar-refractivity contribution is 5.90. The molecular weight excluding hydrogens is 359 g/mol. The first-order valence-electron chi connectivity index (χ1n) is 8.07. The van der Waals surface area contributed by atoms with E-state index in [4.69, 9.17) is 0 Å². The van der Waals surface area contributed by atoms with Crippen LogP contribution in [-0.4, -0.2) is 23.0 Å². The van der Waals surface area contributed by atoms with Gasteiger partial charge in [0.2, 0.25) is 0 Å². The molecule has 0 bridgehead atoms. The second-order valence-corrected chi connectivity index (χ2v) is 6.11. The number of hydrogen-bond donors (Lipinski definition) is 2. The number of aromatic nitrogens is 1. The number of carbonyl (C=O) groups is 1. The van der Waals surface area contributed by atoms with Crippen molar-refractivity contribution in [2.24, 2.45) is 0 Å². The number of fused-ring (bicyclic) bond motifs is 1. The molecule has 2 aromatic carbocycles. The van der Waals surface area contributed by atoms with Gasteiger partial charge >= 0.3 is 6.03 Å². The molecule has 0 fully saturated rings. The summed E-state index contributed by atoms with van der Waals surface area (Å²) in [5, 5.41) is 2.74. The molecule has 2 amide bonds. The number of H-pyrrole nitrogens is 1. The largest absolute Gasteiger partial charge is 0.328 e. The van der Waals surface area contributed by atoms with Crippen LogP contribution in [-0.2, 0) is 0 Å². The molecule has 1 aromatic heterocycles. The maximum Gasteiger partial charge on any atom is 0.322 e. The molecule has 0 spiro atoms. The molecule has 5 nitrogen and oxygen atoms in total. The summed E-state index contributed by atoms with van der Waals surface area (Å²) in [6.07, 6.45) is 1.36. The lowest BCUT2D eigenvalue weighted by molar-refractivity contribution is 0.208. The molecular formula is C19H16F3N3O2. The minimum Gasteiger partial charge on any atom is -0.328 e. The van der Waals surface area contributed by atoms with E-state index in [2.05, 4.69) is 10.3 Å². The summed E-state index contributed by atoms with van der Waals surface area (Å²) >= 11 is 0. The zero-order valence-electron chi connectivity index (χ0n) is 14.5. The van der Waals surface area contributed by atoms with E-state index in [1.165, 1.54) is 42.4 Å². The maximum absolute atomic E-state index is 13.7. The average molecular weight is 375 g/mol. The van der Waals surface area contributed by atoms with Crippen molar-refractivity contribution >= 4 is 22.5 Å². The van der Waals surface area contributed by atoms with E-state index < -0.39 is 35.1 Å². The number of nitrogens with zero attached hydrogens (tertiary/aromatic N) is 1. The number of urea groups is 1. The first kappa shape index (κ1) is 18.5. The normalized spacial score (nSPS) is 12.0. The highest BCUT2D eigenvalue weighted by atomic mass is 19.2. The number of pyridine rings is 1. The van der Waals surface area contributed by atoms with Crippen LogP contribution in [0.2, 0.25) is 0 Å². The lowest BCUT2D eigenvalue weighted by Crippen LogP contribution is -2.34. The van der Waals surface area contributed by atoms with Gasteiger partial charge in [-0.1, -0.05) is 6.07 Å². The van der Waals surface area contributed by atoms with Gasteiger partial charge in [-0.2, -0.15) is 0 Å². The molecule has 0 aliphatic heterocycles. The Morgan fingerprint density at radius 3 is 2.44 bits per heavy atom. The van der Waals surface area contributed by atoms with Crippen molar-refractivity contribution in [2.75, 3.05) is 12.4 Å². The van der Waals surface area contributed by atoms with Crippen LogP contribution in [0.5, 0.6) is 0 Å². The zero-order valence-corrected chi connectivity index (χ0v) is 14.5. The van der Waals surface area contributed by atoms with Crippen molar-refractivity contribution in [3.05, 3.63) is 76.0 Å². The number of hydrogen-bond acceptors (Lipinski definition) is 2. The number of halogens is 3. The molecule has 3 rings (SSSR count). The van der Waals surface area contributed by atoms with E-state index >= 15 is 0 Å². The van der Waals surface area contributed by atoms with Crippen LogP contribution in [0.25, 0.3) is 10.8 Å². The molecule has 1 unspecified atom stereocenters. The fourth-order valence-corrected chi connectivity index (χ4v) is 2.78. The third kappa shape index (κ3) is 3.64. The van der Waals surface area contributed by atoms with E-state index in [1.807, 2.05) is 0 Å². The van der Waals surface area contributed by atoms with Gasteiger partial charge in [-0.05, 0) is 48.2 Å². The van der Waals surface area contributed by atoms with E-state index in [9.17, 15) is 22.8 Å². The van der Waals surface area contributed by atoms with Crippen molar-refractivity contribution < 1.29 is 18.0 Å². The van der Waals surface area contributed by atoms with Crippen LogP contribution in [0, 0.1) is 17.5 Å². The minimum atomic E-state index is -1.13. The lowest BCUT2D eigenvalue weighted by Gasteiger charge is -2.26. The Balaban J connectivity index is 1.94. The van der Waals surface area contributed by atoms with Gasteiger partial charge in [0.1, 0.15) is 5.82 Å². The number of aromatic amines is 1. The fraction of sp³-hybridized carbons (Fsp3) is 0.158. The maximum atomic E-state index is 13.7. The van der Waals surface area contributed by atoms with Gasteiger partial charge in [-0.25, -0.2) is 18.0 Å². The third-order valence-electron chi connectivity index (χ3n) is 4.40. The predicted molar refractivity (Wildman–Crippen MR) is 96.1 cm³/mol. The number of benzene rings is 2. The first-order chi connectivity index (χ1) is 12.8. The van der Waals surface area contributed by atoms with E-state index in [0.717, 1.165) is 12.1 Å². The Hall–Kier alpha value is -3.29. The number of amides is 2. The zero-order chi connectivity index (χ0) is 19.7. The van der Waals surface area contributed by atoms with Gasteiger partial charge < -0.3 is 15.2 Å². The molecule has 1 heterocycles. The van der Waals surface area contributed by atoms with Crippen LogP contribution in [0.15, 0.2) is 47.4 Å². The molecule has 0 radical (unpaired) electrons. The van der Waals surface area contributed by atoms with Crippen molar-refractivity contribution in [1.29, 1.82) is 0 Å². The van der Waals surface area contributed by atoms with Crippen molar-refractivity contribution in [1.82, 2.24) is 9.88 Å². The number of anilines is 1. The first-order valence-corrected chi connectivity index (χ1v) is 8.07. The summed E-state index contributed by atoms with van der Waals surface area (Å²) in [5.41, 5.74) is 0.144. The van der Waals surface area contributed by atoms with Gasteiger partial charge in [-0.15, -0.1) is 0 Å². The highest BCUT2D eigenvalue weighted by Crippen LogP contribution is 2.27. The average Bonchev–Trinajstić information content (AvgIpc) is 2.62. The third-order valence-corrected chi connectivity index (χ3v) is 4.40. The van der Waals surface area contributed by atoms with Crippen LogP contribution in [0.4, 0.5) is 23.7 Å². The smallest absolute Gasteiger partial charge is 0.322 e. The van der Waals surface area contributed by atoms with Crippen LogP contribution < -0.4 is 10.9 Å². The standard InChI is InChI=1S/C19H16F3N3O2/c1-10(25(2)19(27)24-12-5-3-4-11(20)6-12)15-9-23-18(26)14-8-17(22)16(21)7-13(14)15/h3-10H,1-2H3,(H,23,26)(H,24,27). The molecule has 27 heavy (non-hydrogen) atoms. The second-order valence-electron chi connectivity index (χ2n) is 6.11.